The number of aryl methyl sites for hydroxylation is 1. The number of rotatable bonds is 3. The van der Waals surface area contributed by atoms with Crippen LogP contribution in [-0.2, 0) is 11.2 Å². The highest BCUT2D eigenvalue weighted by Gasteiger charge is 2.28. The minimum absolute atomic E-state index is 0.395. The number of anilines is 1. The smallest absolute Gasteiger partial charge is 0.326 e. The van der Waals surface area contributed by atoms with Gasteiger partial charge in [0.15, 0.2) is 5.13 Å². The van der Waals surface area contributed by atoms with Crippen molar-refractivity contribution in [2.45, 2.75) is 45.1 Å². The van der Waals surface area contributed by atoms with Gasteiger partial charge in [0.2, 0.25) is 0 Å². The predicted octanol–water partition coefficient (Wildman–Crippen LogP) is 2.54. The Labute approximate surface area is 105 Å². The summed E-state index contributed by atoms with van der Waals surface area (Å²) in [4.78, 5) is 17.8. The van der Waals surface area contributed by atoms with Crippen LogP contribution < -0.4 is 4.90 Å². The summed E-state index contributed by atoms with van der Waals surface area (Å²) >= 11 is 1.56. The molecule has 1 atom stereocenters. The molecule has 0 spiro atoms. The molecule has 0 bridgehead atoms. The zero-order chi connectivity index (χ0) is 12.3. The average molecular weight is 254 g/mol. The van der Waals surface area contributed by atoms with Gasteiger partial charge in [-0.3, -0.25) is 0 Å². The van der Waals surface area contributed by atoms with Crippen LogP contribution in [0.25, 0.3) is 0 Å². The molecule has 0 saturated carbocycles. The zero-order valence-electron chi connectivity index (χ0n) is 10.1. The van der Waals surface area contributed by atoms with Crippen molar-refractivity contribution < 1.29 is 9.90 Å². The second-order valence-electron chi connectivity index (χ2n) is 4.37. The zero-order valence-corrected chi connectivity index (χ0v) is 10.9. The van der Waals surface area contributed by atoms with Crippen LogP contribution in [0.5, 0.6) is 0 Å². The molecule has 0 amide bonds. The molecule has 17 heavy (non-hydrogen) atoms. The van der Waals surface area contributed by atoms with Crippen LogP contribution >= 0.6 is 11.3 Å². The summed E-state index contributed by atoms with van der Waals surface area (Å²) in [6, 6.07) is -0.395. The lowest BCUT2D eigenvalue weighted by molar-refractivity contribution is -0.138. The van der Waals surface area contributed by atoms with E-state index >= 15 is 0 Å². The van der Waals surface area contributed by atoms with Gasteiger partial charge < -0.3 is 10.0 Å². The van der Waals surface area contributed by atoms with Crippen molar-refractivity contribution in [1.29, 1.82) is 0 Å². The minimum atomic E-state index is -0.722. The SMILES string of the molecule is CCc1csc(N2CCCCCC2C(=O)O)n1. The number of hydrogen-bond donors (Lipinski definition) is 1. The van der Waals surface area contributed by atoms with Crippen molar-refractivity contribution in [1.82, 2.24) is 4.98 Å². The summed E-state index contributed by atoms with van der Waals surface area (Å²) in [5.74, 6) is -0.722. The van der Waals surface area contributed by atoms with Crippen LogP contribution in [0.15, 0.2) is 5.38 Å². The third-order valence-electron chi connectivity index (χ3n) is 3.19. The quantitative estimate of drug-likeness (QED) is 0.900. The molecule has 0 aliphatic carbocycles. The Morgan fingerprint density at radius 3 is 3.06 bits per heavy atom. The topological polar surface area (TPSA) is 53.4 Å². The van der Waals surface area contributed by atoms with Crippen LogP contribution in [0, 0.1) is 0 Å². The number of aromatic nitrogens is 1. The maximum atomic E-state index is 11.3. The molecule has 1 saturated heterocycles. The Morgan fingerprint density at radius 1 is 1.59 bits per heavy atom. The third-order valence-corrected chi connectivity index (χ3v) is 4.11. The number of carbonyl (C=O) groups is 1. The van der Waals surface area contributed by atoms with E-state index in [1.807, 2.05) is 10.3 Å². The van der Waals surface area contributed by atoms with Gasteiger partial charge in [0.05, 0.1) is 5.69 Å². The van der Waals surface area contributed by atoms with Crippen LogP contribution in [0.2, 0.25) is 0 Å². The Bertz CT molecular complexity index is 392. The first-order valence-electron chi connectivity index (χ1n) is 6.16. The molecule has 1 aliphatic heterocycles. The van der Waals surface area contributed by atoms with Crippen LogP contribution in [-0.4, -0.2) is 28.6 Å². The lowest BCUT2D eigenvalue weighted by Gasteiger charge is -2.26. The van der Waals surface area contributed by atoms with Gasteiger partial charge >= 0.3 is 5.97 Å². The molecule has 1 aromatic rings. The van der Waals surface area contributed by atoms with Gasteiger partial charge in [0, 0.05) is 11.9 Å². The molecule has 1 N–H and O–H groups in total. The summed E-state index contributed by atoms with van der Waals surface area (Å²) in [7, 11) is 0. The van der Waals surface area contributed by atoms with Crippen molar-refractivity contribution in [3.63, 3.8) is 0 Å². The van der Waals surface area contributed by atoms with E-state index in [1.54, 1.807) is 11.3 Å². The summed E-state index contributed by atoms with van der Waals surface area (Å²) in [5.41, 5.74) is 1.05. The predicted molar refractivity (Wildman–Crippen MR) is 68.7 cm³/mol. The number of carboxylic acid groups (broad SMARTS) is 1. The molecule has 5 heteroatoms. The Hall–Kier alpha value is -1.10. The highest BCUT2D eigenvalue weighted by Crippen LogP contribution is 2.27. The normalized spacial score (nSPS) is 21.2. The summed E-state index contributed by atoms with van der Waals surface area (Å²) in [6.07, 6.45) is 4.81. The maximum absolute atomic E-state index is 11.3. The number of hydrogen-bond acceptors (Lipinski definition) is 4. The molecule has 1 unspecified atom stereocenters. The van der Waals surface area contributed by atoms with E-state index in [0.717, 1.165) is 49.5 Å². The minimum Gasteiger partial charge on any atom is -0.480 e. The van der Waals surface area contributed by atoms with Crippen molar-refractivity contribution >= 4 is 22.4 Å². The summed E-state index contributed by atoms with van der Waals surface area (Å²) in [5, 5.41) is 12.2. The largest absolute Gasteiger partial charge is 0.480 e. The van der Waals surface area contributed by atoms with Crippen LogP contribution in [0.3, 0.4) is 0 Å². The third kappa shape index (κ3) is 2.77. The van der Waals surface area contributed by atoms with E-state index in [2.05, 4.69) is 11.9 Å². The first kappa shape index (κ1) is 12.4. The maximum Gasteiger partial charge on any atom is 0.326 e. The van der Waals surface area contributed by atoms with Gasteiger partial charge in [0.25, 0.3) is 0 Å². The lowest BCUT2D eigenvalue weighted by atomic mass is 10.1. The molecular formula is C12H18N2O2S. The Kier molecular flexibility index (Phi) is 3.99. The lowest BCUT2D eigenvalue weighted by Crippen LogP contribution is -2.40. The van der Waals surface area contributed by atoms with Crippen molar-refractivity contribution in [2.75, 3.05) is 11.4 Å². The fraction of sp³-hybridized carbons (Fsp3) is 0.667. The van der Waals surface area contributed by atoms with Crippen molar-refractivity contribution in [3.8, 4) is 0 Å². The molecule has 1 fully saturated rings. The Morgan fingerprint density at radius 2 is 2.41 bits per heavy atom. The average Bonchev–Trinajstić information content (AvgIpc) is 2.65. The number of thiazole rings is 1. The molecule has 2 heterocycles. The molecule has 4 nitrogen and oxygen atoms in total. The van der Waals surface area contributed by atoms with Crippen molar-refractivity contribution in [3.05, 3.63) is 11.1 Å². The van der Waals surface area contributed by atoms with E-state index in [0.29, 0.717) is 0 Å². The van der Waals surface area contributed by atoms with Gasteiger partial charge in [-0.05, 0) is 19.3 Å². The standard InChI is InChI=1S/C12H18N2O2S/c1-2-9-8-17-12(13-9)14-7-5-3-4-6-10(14)11(15)16/h8,10H,2-7H2,1H3,(H,15,16). The summed E-state index contributed by atoms with van der Waals surface area (Å²) in [6.45, 7) is 2.88. The highest BCUT2D eigenvalue weighted by atomic mass is 32.1. The molecule has 94 valence electrons. The monoisotopic (exact) mass is 254 g/mol. The van der Waals surface area contributed by atoms with Gasteiger partial charge in [-0.1, -0.05) is 19.8 Å². The van der Waals surface area contributed by atoms with Gasteiger partial charge in [-0.2, -0.15) is 0 Å². The number of carboxylic acids is 1. The van der Waals surface area contributed by atoms with Crippen molar-refractivity contribution in [2.24, 2.45) is 0 Å². The Balaban J connectivity index is 2.22. The van der Waals surface area contributed by atoms with E-state index < -0.39 is 12.0 Å². The molecule has 1 aromatic heterocycles. The van der Waals surface area contributed by atoms with Gasteiger partial charge in [0.1, 0.15) is 6.04 Å². The van der Waals surface area contributed by atoms with Gasteiger partial charge in [-0.15, -0.1) is 11.3 Å². The first-order chi connectivity index (χ1) is 8.22. The second-order valence-corrected chi connectivity index (χ2v) is 5.21. The fourth-order valence-corrected chi connectivity index (χ4v) is 3.17. The fourth-order valence-electron chi connectivity index (χ4n) is 2.18. The number of aliphatic carboxylic acids is 1. The van der Waals surface area contributed by atoms with E-state index in [-0.39, 0.29) is 0 Å². The second kappa shape index (κ2) is 5.49. The highest BCUT2D eigenvalue weighted by molar-refractivity contribution is 7.13. The molecule has 0 aromatic carbocycles. The molecule has 1 aliphatic rings. The van der Waals surface area contributed by atoms with E-state index in [9.17, 15) is 9.90 Å². The first-order valence-corrected chi connectivity index (χ1v) is 7.04. The van der Waals surface area contributed by atoms with E-state index in [4.69, 9.17) is 0 Å². The number of nitrogens with zero attached hydrogens (tertiary/aromatic N) is 2. The van der Waals surface area contributed by atoms with Gasteiger partial charge in [-0.25, -0.2) is 9.78 Å². The van der Waals surface area contributed by atoms with Crippen LogP contribution in [0.4, 0.5) is 5.13 Å². The molecule has 2 rings (SSSR count). The summed E-state index contributed by atoms with van der Waals surface area (Å²) < 4.78 is 0. The van der Waals surface area contributed by atoms with E-state index in [1.165, 1.54) is 0 Å². The molecule has 0 radical (unpaired) electrons. The van der Waals surface area contributed by atoms with Crippen LogP contribution in [0.1, 0.15) is 38.3 Å². The molecular weight excluding hydrogens is 236 g/mol.